The molecule has 0 aliphatic heterocycles. The van der Waals surface area contributed by atoms with Crippen LogP contribution < -0.4 is 5.32 Å². The van der Waals surface area contributed by atoms with E-state index >= 15 is 0 Å². The number of nitrogens with zero attached hydrogens (tertiary/aromatic N) is 1. The van der Waals surface area contributed by atoms with E-state index in [1.54, 1.807) is 13.8 Å². The van der Waals surface area contributed by atoms with E-state index in [0.717, 1.165) is 0 Å². The van der Waals surface area contributed by atoms with E-state index in [1.807, 2.05) is 0 Å². The predicted molar refractivity (Wildman–Crippen MR) is 71.2 cm³/mol. The minimum atomic E-state index is -0.754. The molecular weight excluding hydrogens is 279 g/mol. The summed E-state index contributed by atoms with van der Waals surface area (Å²) < 4.78 is 0. The minimum absolute atomic E-state index is 0.0228. The van der Waals surface area contributed by atoms with Crippen molar-refractivity contribution >= 4 is 40.5 Å². The van der Waals surface area contributed by atoms with Crippen LogP contribution in [0.1, 0.15) is 13.8 Å². The number of rotatable bonds is 4. The first-order valence-corrected chi connectivity index (χ1v) is 6.00. The monoisotopic (exact) mass is 290 g/mol. The molecule has 1 aromatic carbocycles. The lowest BCUT2D eigenvalue weighted by atomic mass is 9.95. The first-order chi connectivity index (χ1) is 8.27. The summed E-state index contributed by atoms with van der Waals surface area (Å²) in [6.07, 6.45) is 0. The Kier molecular flexibility index (Phi) is 4.53. The molecule has 1 aromatic rings. The molecule has 7 heteroatoms. The highest BCUT2D eigenvalue weighted by atomic mass is 35.5. The van der Waals surface area contributed by atoms with Crippen molar-refractivity contribution in [2.45, 2.75) is 13.8 Å². The number of nitro groups is 1. The zero-order valence-corrected chi connectivity index (χ0v) is 11.4. The van der Waals surface area contributed by atoms with Gasteiger partial charge in [0.25, 0.3) is 5.69 Å². The van der Waals surface area contributed by atoms with Crippen LogP contribution in [-0.2, 0) is 4.79 Å². The third-order valence-electron chi connectivity index (χ3n) is 2.35. The summed E-state index contributed by atoms with van der Waals surface area (Å²) in [6.45, 7) is 3.36. The summed E-state index contributed by atoms with van der Waals surface area (Å²) in [5.41, 5.74) is -0.692. The first-order valence-electron chi connectivity index (χ1n) is 5.09. The molecule has 1 N–H and O–H groups in total. The number of carbonyl (C=O) groups is 1. The van der Waals surface area contributed by atoms with E-state index in [2.05, 4.69) is 5.32 Å². The molecule has 98 valence electrons. The normalized spacial score (nSPS) is 11.1. The fraction of sp³-hybridized carbons (Fsp3) is 0.364. The van der Waals surface area contributed by atoms with Gasteiger partial charge in [0.2, 0.25) is 5.91 Å². The summed E-state index contributed by atoms with van der Waals surface area (Å²) >= 11 is 11.3. The second-order valence-corrected chi connectivity index (χ2v) is 5.07. The standard InChI is InChI=1S/C11H12Cl2N2O3/c1-11(2,6-12)10(16)14-7-3-4-8(13)9(5-7)15(17)18/h3-5H,6H2,1-2H3,(H,14,16). The van der Waals surface area contributed by atoms with Crippen LogP contribution in [0.2, 0.25) is 5.02 Å². The summed E-state index contributed by atoms with van der Waals surface area (Å²) in [6, 6.07) is 4.07. The lowest BCUT2D eigenvalue weighted by Gasteiger charge is -2.20. The maximum Gasteiger partial charge on any atom is 0.289 e. The molecule has 5 nitrogen and oxygen atoms in total. The fourth-order valence-corrected chi connectivity index (χ4v) is 1.40. The Balaban J connectivity index is 2.96. The summed E-state index contributed by atoms with van der Waals surface area (Å²) in [7, 11) is 0. The number of benzene rings is 1. The molecule has 0 atom stereocenters. The van der Waals surface area contributed by atoms with Crippen LogP contribution in [0.15, 0.2) is 18.2 Å². The van der Waals surface area contributed by atoms with Crippen molar-refractivity contribution < 1.29 is 9.72 Å². The first kappa shape index (κ1) is 14.7. The van der Waals surface area contributed by atoms with Gasteiger partial charge in [0.05, 0.1) is 10.3 Å². The predicted octanol–water partition coefficient (Wildman–Crippen LogP) is 3.45. The number of hydrogen-bond donors (Lipinski definition) is 1. The van der Waals surface area contributed by atoms with Gasteiger partial charge in [0.15, 0.2) is 0 Å². The van der Waals surface area contributed by atoms with Crippen LogP contribution in [0, 0.1) is 15.5 Å². The summed E-state index contributed by atoms with van der Waals surface area (Å²) in [5, 5.41) is 13.3. The molecule has 18 heavy (non-hydrogen) atoms. The number of amides is 1. The van der Waals surface area contributed by atoms with Gasteiger partial charge in [-0.1, -0.05) is 11.6 Å². The summed E-state index contributed by atoms with van der Waals surface area (Å²) in [4.78, 5) is 21.9. The lowest BCUT2D eigenvalue weighted by Crippen LogP contribution is -2.32. The van der Waals surface area contributed by atoms with E-state index < -0.39 is 10.3 Å². The Morgan fingerprint density at radius 1 is 1.50 bits per heavy atom. The number of nitrogens with one attached hydrogen (secondary N) is 1. The van der Waals surface area contributed by atoms with Gasteiger partial charge in [-0.3, -0.25) is 14.9 Å². The molecule has 0 aromatic heterocycles. The number of halogens is 2. The molecule has 0 radical (unpaired) electrons. The van der Waals surface area contributed by atoms with Crippen molar-refractivity contribution in [2.75, 3.05) is 11.2 Å². The van der Waals surface area contributed by atoms with Crippen molar-refractivity contribution in [3.63, 3.8) is 0 Å². The molecule has 0 fully saturated rings. The average molecular weight is 291 g/mol. The van der Waals surface area contributed by atoms with Crippen molar-refractivity contribution in [1.29, 1.82) is 0 Å². The lowest BCUT2D eigenvalue weighted by molar-refractivity contribution is -0.384. The van der Waals surface area contributed by atoms with Crippen molar-refractivity contribution in [1.82, 2.24) is 0 Å². The Morgan fingerprint density at radius 2 is 2.11 bits per heavy atom. The second-order valence-electron chi connectivity index (χ2n) is 4.39. The number of nitro benzene ring substituents is 1. The Hall–Kier alpha value is -1.33. The van der Waals surface area contributed by atoms with E-state index in [-0.39, 0.29) is 22.5 Å². The topological polar surface area (TPSA) is 72.2 Å². The SMILES string of the molecule is CC(C)(CCl)C(=O)Nc1ccc(Cl)c([N+](=O)[O-])c1. The van der Waals surface area contributed by atoms with Crippen LogP contribution in [0.3, 0.4) is 0 Å². The fourth-order valence-electron chi connectivity index (χ4n) is 1.09. The zero-order chi connectivity index (χ0) is 13.9. The van der Waals surface area contributed by atoms with Crippen molar-refractivity contribution in [3.8, 4) is 0 Å². The number of hydrogen-bond acceptors (Lipinski definition) is 3. The van der Waals surface area contributed by atoms with Gasteiger partial charge in [-0.15, -0.1) is 11.6 Å². The number of carbonyl (C=O) groups excluding carboxylic acids is 1. The van der Waals surface area contributed by atoms with E-state index in [0.29, 0.717) is 5.69 Å². The highest BCUT2D eigenvalue weighted by Crippen LogP contribution is 2.28. The van der Waals surface area contributed by atoms with Gasteiger partial charge in [-0.2, -0.15) is 0 Å². The van der Waals surface area contributed by atoms with Crippen LogP contribution in [0.5, 0.6) is 0 Å². The molecular formula is C11H12Cl2N2O3. The zero-order valence-electron chi connectivity index (χ0n) is 9.87. The maximum absolute atomic E-state index is 11.8. The number of alkyl halides is 1. The molecule has 1 rings (SSSR count). The molecule has 0 bridgehead atoms. The molecule has 0 heterocycles. The highest BCUT2D eigenvalue weighted by Gasteiger charge is 2.27. The molecule has 0 aliphatic carbocycles. The van der Waals surface area contributed by atoms with Gasteiger partial charge in [-0.25, -0.2) is 0 Å². The largest absolute Gasteiger partial charge is 0.325 e. The smallest absolute Gasteiger partial charge is 0.289 e. The second kappa shape index (κ2) is 5.54. The van der Waals surface area contributed by atoms with E-state index in [4.69, 9.17) is 23.2 Å². The minimum Gasteiger partial charge on any atom is -0.325 e. The quantitative estimate of drug-likeness (QED) is 0.524. The van der Waals surface area contributed by atoms with Gasteiger partial charge in [0.1, 0.15) is 5.02 Å². The van der Waals surface area contributed by atoms with Crippen LogP contribution in [0.4, 0.5) is 11.4 Å². The van der Waals surface area contributed by atoms with Crippen molar-refractivity contribution in [2.24, 2.45) is 5.41 Å². The van der Waals surface area contributed by atoms with Gasteiger partial charge >= 0.3 is 0 Å². The van der Waals surface area contributed by atoms with Crippen LogP contribution in [0.25, 0.3) is 0 Å². The maximum atomic E-state index is 11.8. The van der Waals surface area contributed by atoms with Crippen LogP contribution >= 0.6 is 23.2 Å². The van der Waals surface area contributed by atoms with Gasteiger partial charge in [0, 0.05) is 17.6 Å². The van der Waals surface area contributed by atoms with Gasteiger partial charge in [-0.05, 0) is 26.0 Å². The third-order valence-corrected chi connectivity index (χ3v) is 3.34. The molecule has 0 saturated carbocycles. The van der Waals surface area contributed by atoms with Crippen LogP contribution in [-0.4, -0.2) is 16.7 Å². The highest BCUT2D eigenvalue weighted by molar-refractivity contribution is 6.32. The van der Waals surface area contributed by atoms with Gasteiger partial charge < -0.3 is 5.32 Å². The molecule has 0 saturated heterocycles. The molecule has 0 aliphatic rings. The van der Waals surface area contributed by atoms with E-state index in [9.17, 15) is 14.9 Å². The number of anilines is 1. The average Bonchev–Trinajstić information content (AvgIpc) is 2.31. The van der Waals surface area contributed by atoms with E-state index in [1.165, 1.54) is 18.2 Å². The third kappa shape index (κ3) is 3.34. The molecule has 0 unspecified atom stereocenters. The Morgan fingerprint density at radius 3 is 2.61 bits per heavy atom. The Bertz CT molecular complexity index is 489. The Labute approximate surface area is 114 Å². The van der Waals surface area contributed by atoms with Crippen molar-refractivity contribution in [3.05, 3.63) is 33.3 Å². The molecule has 1 amide bonds. The summed E-state index contributed by atoms with van der Waals surface area (Å²) in [5.74, 6) is -0.164. The molecule has 0 spiro atoms.